The summed E-state index contributed by atoms with van der Waals surface area (Å²) in [6.07, 6.45) is 0.665. The number of hydrogen-bond donors (Lipinski definition) is 2. The van der Waals surface area contributed by atoms with Crippen molar-refractivity contribution in [2.24, 2.45) is 0 Å². The van der Waals surface area contributed by atoms with E-state index in [0.29, 0.717) is 29.2 Å². The second-order valence-electron chi connectivity index (χ2n) is 11.1. The van der Waals surface area contributed by atoms with Crippen molar-refractivity contribution in [3.05, 3.63) is 112 Å². The van der Waals surface area contributed by atoms with E-state index in [9.17, 15) is 22.8 Å². The summed E-state index contributed by atoms with van der Waals surface area (Å²) in [7, 11) is -3.54. The summed E-state index contributed by atoms with van der Waals surface area (Å²) in [5, 5.41) is 13.2. The highest BCUT2D eigenvalue weighted by molar-refractivity contribution is 7.91. The number of likely N-dealkylation sites (N-methyl/N-ethyl adjacent to an activating group) is 1. The van der Waals surface area contributed by atoms with E-state index in [0.717, 1.165) is 25.7 Å². The van der Waals surface area contributed by atoms with Crippen LogP contribution in [-0.4, -0.2) is 66.6 Å². The first-order valence-corrected chi connectivity index (χ1v) is 18.5. The number of halogens is 1. The van der Waals surface area contributed by atoms with E-state index in [1.807, 2.05) is 24.3 Å². The highest BCUT2D eigenvalue weighted by Crippen LogP contribution is 2.29. The molecule has 0 aliphatic rings. The van der Waals surface area contributed by atoms with Gasteiger partial charge in [-0.05, 0) is 92.1 Å². The Hall–Kier alpha value is -4.98. The van der Waals surface area contributed by atoms with Gasteiger partial charge in [0, 0.05) is 17.1 Å². The number of hydrogen-bond acceptors (Lipinski definition) is 9. The Bertz CT molecular complexity index is 2070. The Balaban J connectivity index is 1.30. The first kappa shape index (κ1) is 36.3. The maximum absolute atomic E-state index is 13.5. The Kier molecular flexibility index (Phi) is 12.1. The zero-order chi connectivity index (χ0) is 35.7. The summed E-state index contributed by atoms with van der Waals surface area (Å²) in [6.45, 7) is 1.12. The minimum absolute atomic E-state index is 0.108. The third-order valence-electron chi connectivity index (χ3n) is 7.55. The molecular formula is C36H34ClN3O8S2. The minimum Gasteiger partial charge on any atom is -0.486 e. The highest BCUT2D eigenvalue weighted by Gasteiger charge is 2.19. The number of rotatable bonds is 16. The van der Waals surface area contributed by atoms with Crippen LogP contribution in [-0.2, 0) is 32.5 Å². The molecule has 2 N–H and O–H groups in total. The second-order valence-corrected chi connectivity index (χ2v) is 14.8. The van der Waals surface area contributed by atoms with Gasteiger partial charge in [-0.1, -0.05) is 35.9 Å². The SMILES string of the molecule is CCN(CC(=O)O)C(=O)COc1ccc(CCCS(=O)(=O)c2ccc(Cl)cc2)cc1NC(=O)c1cccc(OCc2nc3ccccc3s2)c1. The molecule has 5 rings (SSSR count). The lowest BCUT2D eigenvalue weighted by Gasteiger charge is -2.20. The Morgan fingerprint density at radius 1 is 0.960 bits per heavy atom. The summed E-state index contributed by atoms with van der Waals surface area (Å²) in [4.78, 5) is 43.3. The van der Waals surface area contributed by atoms with Crippen LogP contribution in [0.3, 0.4) is 0 Å². The molecule has 11 nitrogen and oxygen atoms in total. The number of aliphatic carboxylic acids is 1. The molecular weight excluding hydrogens is 702 g/mol. The van der Waals surface area contributed by atoms with Crippen molar-refractivity contribution in [3.8, 4) is 11.5 Å². The number of aromatic nitrogens is 1. The van der Waals surface area contributed by atoms with Crippen LogP contribution < -0.4 is 14.8 Å². The molecule has 0 aliphatic heterocycles. The third-order valence-corrected chi connectivity index (χ3v) is 10.6. The molecule has 1 aromatic heterocycles. The number of nitrogens with one attached hydrogen (secondary N) is 1. The number of carboxylic acid groups (broad SMARTS) is 1. The summed E-state index contributed by atoms with van der Waals surface area (Å²) in [5.74, 6) is -1.63. The number of sulfone groups is 1. The molecule has 50 heavy (non-hydrogen) atoms. The molecule has 0 unspecified atom stereocenters. The smallest absolute Gasteiger partial charge is 0.323 e. The molecule has 1 heterocycles. The summed E-state index contributed by atoms with van der Waals surface area (Å²) in [6, 6.07) is 25.4. The number of amides is 2. The van der Waals surface area contributed by atoms with Crippen molar-refractivity contribution in [3.63, 3.8) is 0 Å². The fourth-order valence-electron chi connectivity index (χ4n) is 5.00. The van der Waals surface area contributed by atoms with Gasteiger partial charge in [0.15, 0.2) is 16.4 Å². The van der Waals surface area contributed by atoms with Crippen LogP contribution in [0.15, 0.2) is 95.9 Å². The Morgan fingerprint density at radius 3 is 2.48 bits per heavy atom. The van der Waals surface area contributed by atoms with Crippen molar-refractivity contribution in [2.75, 3.05) is 30.8 Å². The molecule has 0 saturated heterocycles. The molecule has 4 aromatic carbocycles. The number of anilines is 1. The van der Waals surface area contributed by atoms with E-state index in [-0.39, 0.29) is 35.2 Å². The van der Waals surface area contributed by atoms with Crippen molar-refractivity contribution in [1.29, 1.82) is 0 Å². The molecule has 0 spiro atoms. The molecule has 0 aliphatic carbocycles. The molecule has 260 valence electrons. The predicted molar refractivity (Wildman–Crippen MR) is 192 cm³/mol. The maximum atomic E-state index is 13.5. The first-order valence-electron chi connectivity index (χ1n) is 15.6. The van der Waals surface area contributed by atoms with Gasteiger partial charge in [-0.15, -0.1) is 11.3 Å². The first-order chi connectivity index (χ1) is 24.0. The van der Waals surface area contributed by atoms with Crippen molar-refractivity contribution < 1.29 is 37.4 Å². The van der Waals surface area contributed by atoms with E-state index < -0.39 is 40.8 Å². The number of carboxylic acids is 1. The van der Waals surface area contributed by atoms with Crippen LogP contribution in [0.2, 0.25) is 5.02 Å². The second kappa shape index (κ2) is 16.6. The molecule has 14 heteroatoms. The van der Waals surface area contributed by atoms with Crippen molar-refractivity contribution in [1.82, 2.24) is 9.88 Å². The van der Waals surface area contributed by atoms with Crippen LogP contribution in [0.25, 0.3) is 10.2 Å². The molecule has 0 atom stereocenters. The monoisotopic (exact) mass is 735 g/mol. The number of thiazole rings is 1. The van der Waals surface area contributed by atoms with Crippen LogP contribution in [0, 0.1) is 0 Å². The lowest BCUT2D eigenvalue weighted by Crippen LogP contribution is -2.38. The maximum Gasteiger partial charge on any atom is 0.323 e. The van der Waals surface area contributed by atoms with Crippen molar-refractivity contribution in [2.45, 2.75) is 31.3 Å². The minimum atomic E-state index is -3.54. The lowest BCUT2D eigenvalue weighted by molar-refractivity contribution is -0.145. The fraction of sp³-hybridized carbons (Fsp3) is 0.222. The van der Waals surface area contributed by atoms with Gasteiger partial charge in [-0.3, -0.25) is 14.4 Å². The van der Waals surface area contributed by atoms with E-state index in [4.69, 9.17) is 26.2 Å². The Labute approximate surface area is 298 Å². The van der Waals surface area contributed by atoms with Crippen LogP contribution in [0.4, 0.5) is 5.69 Å². The third kappa shape index (κ3) is 9.80. The van der Waals surface area contributed by atoms with Gasteiger partial charge >= 0.3 is 5.97 Å². The number of para-hydroxylation sites is 1. The summed E-state index contributed by atoms with van der Waals surface area (Å²) >= 11 is 7.43. The number of fused-ring (bicyclic) bond motifs is 1. The number of nitrogens with zero attached hydrogens (tertiary/aromatic N) is 2. The van der Waals surface area contributed by atoms with Crippen LogP contribution >= 0.6 is 22.9 Å². The zero-order valence-electron chi connectivity index (χ0n) is 27.0. The number of carbonyl (C=O) groups is 3. The van der Waals surface area contributed by atoms with E-state index in [1.54, 1.807) is 49.4 Å². The average molecular weight is 736 g/mol. The highest BCUT2D eigenvalue weighted by atomic mass is 35.5. The van der Waals surface area contributed by atoms with E-state index in [1.165, 1.54) is 35.6 Å². The number of benzene rings is 4. The standard InChI is InChI=1S/C36H34ClN3O8S2/c1-2-40(21-35(42)43)34(41)23-48-31-17-12-24(7-6-18-50(45,46)28-15-13-26(37)14-16-28)19-30(31)39-36(44)25-8-5-9-27(20-25)47-22-33-38-29-10-3-4-11-32(29)49-33/h3-5,8-17,19-20H,2,6-7,18,21-23H2,1H3,(H,39,44)(H,42,43). The number of aryl methyl sites for hydroxylation is 1. The summed E-state index contributed by atoms with van der Waals surface area (Å²) < 4.78 is 38.5. The van der Waals surface area contributed by atoms with Crippen molar-refractivity contribution >= 4 is 66.5 Å². The van der Waals surface area contributed by atoms with Gasteiger partial charge in [-0.2, -0.15) is 0 Å². The fourth-order valence-corrected chi connectivity index (χ4v) is 7.32. The van der Waals surface area contributed by atoms with Gasteiger partial charge in [0.1, 0.15) is 29.7 Å². The predicted octanol–water partition coefficient (Wildman–Crippen LogP) is 6.50. The Morgan fingerprint density at radius 2 is 1.74 bits per heavy atom. The van der Waals surface area contributed by atoms with Gasteiger partial charge in [0.25, 0.3) is 11.8 Å². The topological polar surface area (TPSA) is 152 Å². The molecule has 0 saturated carbocycles. The quantitative estimate of drug-likeness (QED) is 0.116. The summed E-state index contributed by atoms with van der Waals surface area (Å²) in [5.41, 5.74) is 2.16. The van der Waals surface area contributed by atoms with E-state index in [2.05, 4.69) is 10.3 Å². The molecule has 0 bridgehead atoms. The van der Waals surface area contributed by atoms with Crippen LogP contribution in [0.5, 0.6) is 11.5 Å². The molecule has 0 fully saturated rings. The number of carbonyl (C=O) groups excluding carboxylic acids is 2. The molecule has 5 aromatic rings. The largest absolute Gasteiger partial charge is 0.486 e. The molecule has 2 amide bonds. The average Bonchev–Trinajstić information content (AvgIpc) is 3.52. The molecule has 0 radical (unpaired) electrons. The van der Waals surface area contributed by atoms with Gasteiger partial charge in [0.05, 0.1) is 26.6 Å². The van der Waals surface area contributed by atoms with Crippen LogP contribution in [0.1, 0.15) is 34.3 Å². The lowest BCUT2D eigenvalue weighted by atomic mass is 10.1. The van der Waals surface area contributed by atoms with Gasteiger partial charge in [-0.25, -0.2) is 13.4 Å². The number of ether oxygens (including phenoxy) is 2. The van der Waals surface area contributed by atoms with Gasteiger partial charge < -0.3 is 24.8 Å². The normalized spacial score (nSPS) is 11.2. The van der Waals surface area contributed by atoms with E-state index >= 15 is 0 Å². The van der Waals surface area contributed by atoms with Gasteiger partial charge in [0.2, 0.25) is 0 Å². The zero-order valence-corrected chi connectivity index (χ0v) is 29.4.